The van der Waals surface area contributed by atoms with Gasteiger partial charge in [0, 0.05) is 32.2 Å². The first kappa shape index (κ1) is 14.5. The van der Waals surface area contributed by atoms with Crippen molar-refractivity contribution in [2.24, 2.45) is 0 Å². The molecule has 0 saturated carbocycles. The van der Waals surface area contributed by atoms with Gasteiger partial charge in [0.2, 0.25) is 0 Å². The molecule has 1 aromatic carbocycles. The Hall–Kier alpha value is -0.900. The van der Waals surface area contributed by atoms with E-state index in [1.54, 1.807) is 0 Å². The van der Waals surface area contributed by atoms with Gasteiger partial charge in [-0.3, -0.25) is 0 Å². The van der Waals surface area contributed by atoms with Crippen molar-refractivity contribution in [3.05, 3.63) is 34.9 Å². The first-order valence-corrected chi connectivity index (χ1v) is 7.34. The standard InChI is InChI=1S/C16H27N3/c1-13-4-5-15(10-14(13)2)11-17-7-6-16-12-18-8-9-19(16)3/h4-5,10,16-18H,6-9,11-12H2,1-3H3. The molecule has 0 radical (unpaired) electrons. The average Bonchev–Trinajstić information content (AvgIpc) is 2.40. The van der Waals surface area contributed by atoms with Crippen molar-refractivity contribution in [2.45, 2.75) is 32.9 Å². The van der Waals surface area contributed by atoms with Crippen molar-refractivity contribution >= 4 is 0 Å². The second kappa shape index (κ2) is 7.04. The van der Waals surface area contributed by atoms with E-state index in [1.807, 2.05) is 0 Å². The van der Waals surface area contributed by atoms with Gasteiger partial charge in [-0.2, -0.15) is 0 Å². The molecule has 3 nitrogen and oxygen atoms in total. The average molecular weight is 261 g/mol. The van der Waals surface area contributed by atoms with Crippen LogP contribution in [0.5, 0.6) is 0 Å². The Labute approximate surface area is 117 Å². The van der Waals surface area contributed by atoms with Crippen molar-refractivity contribution in [2.75, 3.05) is 33.2 Å². The second-order valence-electron chi connectivity index (χ2n) is 5.72. The van der Waals surface area contributed by atoms with Crippen LogP contribution in [0.3, 0.4) is 0 Å². The van der Waals surface area contributed by atoms with Crippen molar-refractivity contribution < 1.29 is 0 Å². The van der Waals surface area contributed by atoms with Crippen LogP contribution >= 0.6 is 0 Å². The van der Waals surface area contributed by atoms with Crippen molar-refractivity contribution in [3.8, 4) is 0 Å². The Kier molecular flexibility index (Phi) is 5.37. The first-order chi connectivity index (χ1) is 9.16. The molecule has 0 spiro atoms. The van der Waals surface area contributed by atoms with Gasteiger partial charge < -0.3 is 15.5 Å². The monoisotopic (exact) mass is 261 g/mol. The number of hydrogen-bond acceptors (Lipinski definition) is 3. The number of benzene rings is 1. The van der Waals surface area contributed by atoms with Crippen LogP contribution in [0, 0.1) is 13.8 Å². The Balaban J connectivity index is 1.70. The fourth-order valence-corrected chi connectivity index (χ4v) is 2.60. The smallest absolute Gasteiger partial charge is 0.0230 e. The fourth-order valence-electron chi connectivity index (χ4n) is 2.60. The van der Waals surface area contributed by atoms with Gasteiger partial charge in [0.25, 0.3) is 0 Å². The molecule has 1 fully saturated rings. The van der Waals surface area contributed by atoms with Gasteiger partial charge in [0.05, 0.1) is 0 Å². The molecule has 2 N–H and O–H groups in total. The Morgan fingerprint density at radius 1 is 1.32 bits per heavy atom. The Morgan fingerprint density at radius 2 is 2.16 bits per heavy atom. The maximum atomic E-state index is 3.56. The Bertz CT molecular complexity index is 403. The van der Waals surface area contributed by atoms with Crippen LogP contribution < -0.4 is 10.6 Å². The van der Waals surface area contributed by atoms with Gasteiger partial charge in [-0.25, -0.2) is 0 Å². The molecule has 106 valence electrons. The normalized spacial score (nSPS) is 20.7. The van der Waals surface area contributed by atoms with Crippen LogP contribution in [0.15, 0.2) is 18.2 Å². The van der Waals surface area contributed by atoms with E-state index in [9.17, 15) is 0 Å². The third-order valence-corrected chi connectivity index (χ3v) is 4.20. The van der Waals surface area contributed by atoms with E-state index in [4.69, 9.17) is 0 Å². The minimum atomic E-state index is 0.681. The first-order valence-electron chi connectivity index (χ1n) is 7.34. The Morgan fingerprint density at radius 3 is 2.89 bits per heavy atom. The number of rotatable bonds is 5. The molecule has 1 aliphatic heterocycles. The molecule has 1 atom stereocenters. The van der Waals surface area contributed by atoms with Crippen LogP contribution in [0.1, 0.15) is 23.1 Å². The van der Waals surface area contributed by atoms with Gasteiger partial charge in [-0.05, 0) is 50.6 Å². The summed E-state index contributed by atoms with van der Waals surface area (Å²) in [4.78, 5) is 2.47. The minimum absolute atomic E-state index is 0.681. The van der Waals surface area contributed by atoms with Crippen LogP contribution in [0.25, 0.3) is 0 Å². The molecule has 0 aliphatic carbocycles. The number of nitrogens with one attached hydrogen (secondary N) is 2. The number of hydrogen-bond donors (Lipinski definition) is 2. The molecule has 0 bridgehead atoms. The predicted molar refractivity (Wildman–Crippen MR) is 81.5 cm³/mol. The molecule has 1 saturated heterocycles. The summed E-state index contributed by atoms with van der Waals surface area (Å²) in [5, 5.41) is 7.03. The van der Waals surface area contributed by atoms with E-state index in [0.717, 1.165) is 26.2 Å². The van der Waals surface area contributed by atoms with E-state index in [-0.39, 0.29) is 0 Å². The largest absolute Gasteiger partial charge is 0.314 e. The lowest BCUT2D eigenvalue weighted by atomic mass is 10.1. The number of likely N-dealkylation sites (N-methyl/N-ethyl adjacent to an activating group) is 1. The topological polar surface area (TPSA) is 27.3 Å². The highest BCUT2D eigenvalue weighted by Crippen LogP contribution is 2.09. The molecule has 1 aromatic rings. The summed E-state index contributed by atoms with van der Waals surface area (Å²) in [6.45, 7) is 9.83. The molecular weight excluding hydrogens is 234 g/mol. The van der Waals surface area contributed by atoms with Crippen molar-refractivity contribution in [1.29, 1.82) is 0 Å². The van der Waals surface area contributed by atoms with Gasteiger partial charge >= 0.3 is 0 Å². The summed E-state index contributed by atoms with van der Waals surface area (Å²) in [6, 6.07) is 7.41. The highest BCUT2D eigenvalue weighted by molar-refractivity contribution is 5.29. The van der Waals surface area contributed by atoms with Crippen molar-refractivity contribution in [3.63, 3.8) is 0 Å². The molecule has 1 unspecified atom stereocenters. The van der Waals surface area contributed by atoms with E-state index in [0.29, 0.717) is 6.04 Å². The molecule has 1 heterocycles. The highest BCUT2D eigenvalue weighted by atomic mass is 15.2. The zero-order chi connectivity index (χ0) is 13.7. The summed E-state index contributed by atoms with van der Waals surface area (Å²) >= 11 is 0. The second-order valence-corrected chi connectivity index (χ2v) is 5.72. The van der Waals surface area contributed by atoms with Crippen LogP contribution in [0.4, 0.5) is 0 Å². The van der Waals surface area contributed by atoms with Gasteiger partial charge in [0.15, 0.2) is 0 Å². The SMILES string of the molecule is Cc1ccc(CNCCC2CNCCN2C)cc1C. The minimum Gasteiger partial charge on any atom is -0.314 e. The van der Waals surface area contributed by atoms with E-state index < -0.39 is 0 Å². The summed E-state index contributed by atoms with van der Waals surface area (Å²) in [7, 11) is 2.23. The van der Waals surface area contributed by atoms with Crippen LogP contribution in [-0.4, -0.2) is 44.2 Å². The van der Waals surface area contributed by atoms with Crippen LogP contribution in [-0.2, 0) is 6.54 Å². The lowest BCUT2D eigenvalue weighted by Crippen LogP contribution is -2.50. The molecule has 3 heteroatoms. The van der Waals surface area contributed by atoms with Gasteiger partial charge in [0.1, 0.15) is 0 Å². The quantitative estimate of drug-likeness (QED) is 0.790. The molecule has 0 aromatic heterocycles. The van der Waals surface area contributed by atoms with E-state index in [2.05, 4.69) is 54.6 Å². The maximum absolute atomic E-state index is 3.56. The number of piperazine rings is 1. The zero-order valence-corrected chi connectivity index (χ0v) is 12.5. The molecule has 19 heavy (non-hydrogen) atoms. The van der Waals surface area contributed by atoms with E-state index >= 15 is 0 Å². The summed E-state index contributed by atoms with van der Waals surface area (Å²) < 4.78 is 0. The third kappa shape index (κ3) is 4.30. The predicted octanol–water partition coefficient (Wildman–Crippen LogP) is 1.69. The summed E-state index contributed by atoms with van der Waals surface area (Å²) in [5.74, 6) is 0. The molecule has 0 amide bonds. The summed E-state index contributed by atoms with van der Waals surface area (Å²) in [5.41, 5.74) is 4.15. The number of aryl methyl sites for hydroxylation is 2. The van der Waals surface area contributed by atoms with Gasteiger partial charge in [-0.15, -0.1) is 0 Å². The van der Waals surface area contributed by atoms with Crippen LogP contribution in [0.2, 0.25) is 0 Å². The highest BCUT2D eigenvalue weighted by Gasteiger charge is 2.17. The lowest BCUT2D eigenvalue weighted by Gasteiger charge is -2.33. The van der Waals surface area contributed by atoms with Gasteiger partial charge in [-0.1, -0.05) is 18.2 Å². The maximum Gasteiger partial charge on any atom is 0.0230 e. The summed E-state index contributed by atoms with van der Waals surface area (Å²) in [6.07, 6.45) is 1.22. The third-order valence-electron chi connectivity index (χ3n) is 4.20. The molecular formula is C16H27N3. The fraction of sp³-hybridized carbons (Fsp3) is 0.625. The lowest BCUT2D eigenvalue weighted by molar-refractivity contribution is 0.189. The van der Waals surface area contributed by atoms with Crippen molar-refractivity contribution in [1.82, 2.24) is 15.5 Å². The molecule has 1 aliphatic rings. The van der Waals surface area contributed by atoms with E-state index in [1.165, 1.54) is 29.7 Å². The molecule has 2 rings (SSSR count). The zero-order valence-electron chi connectivity index (χ0n) is 12.5. The number of nitrogens with zero attached hydrogens (tertiary/aromatic N) is 1.